The van der Waals surface area contributed by atoms with Gasteiger partial charge >= 0.3 is 5.97 Å². The number of nitrogens with two attached hydrogens (primary N) is 1. The lowest BCUT2D eigenvalue weighted by molar-refractivity contribution is 0.0460. The molecule has 0 unspecified atom stereocenters. The first kappa shape index (κ1) is 12.4. The Morgan fingerprint density at radius 1 is 1.22 bits per heavy atom. The van der Waals surface area contributed by atoms with Crippen LogP contribution in [0.1, 0.15) is 24.2 Å². The highest BCUT2D eigenvalue weighted by molar-refractivity contribution is 6.01. The lowest BCUT2D eigenvalue weighted by Gasteiger charge is -2.10. The van der Waals surface area contributed by atoms with Crippen LogP contribution in [-0.2, 0) is 4.74 Å². The van der Waals surface area contributed by atoms with Gasteiger partial charge in [0.2, 0.25) is 0 Å². The fourth-order valence-electron chi connectivity index (χ4n) is 1.75. The molecule has 0 aromatic heterocycles. The predicted octanol–water partition coefficient (Wildman–Crippen LogP) is 3.23. The molecular weight excluding hydrogens is 226 g/mol. The van der Waals surface area contributed by atoms with Crippen LogP contribution >= 0.6 is 0 Å². The molecule has 0 amide bonds. The van der Waals surface area contributed by atoms with Gasteiger partial charge in [0.1, 0.15) is 0 Å². The van der Waals surface area contributed by atoms with Crippen molar-refractivity contribution in [1.82, 2.24) is 0 Å². The summed E-state index contributed by atoms with van der Waals surface area (Å²) in [5.41, 5.74) is 6.79. The number of hydrogen-bond acceptors (Lipinski definition) is 3. The Labute approximate surface area is 107 Å². The summed E-state index contributed by atoms with van der Waals surface area (Å²) in [4.78, 5) is 11.9. The van der Waals surface area contributed by atoms with E-state index in [1.165, 1.54) is 0 Å². The standard InChI is InChI=1S/C15H17NO2/c1-10(2)9-18-15(17)13-7-11-5-3-4-6-12(11)8-14(13)16/h3-8,10H,9,16H2,1-2H3. The molecule has 2 aromatic rings. The number of fused-ring (bicyclic) bond motifs is 1. The van der Waals surface area contributed by atoms with Crippen LogP contribution in [0.5, 0.6) is 0 Å². The summed E-state index contributed by atoms with van der Waals surface area (Å²) in [6, 6.07) is 11.4. The summed E-state index contributed by atoms with van der Waals surface area (Å²) >= 11 is 0. The zero-order valence-electron chi connectivity index (χ0n) is 10.6. The van der Waals surface area contributed by atoms with E-state index in [0.29, 0.717) is 23.8 Å². The number of carbonyl (C=O) groups is 1. The third kappa shape index (κ3) is 2.62. The molecule has 94 valence electrons. The summed E-state index contributed by atoms with van der Waals surface area (Å²) in [6.45, 7) is 4.40. The molecule has 0 fully saturated rings. The maximum absolute atomic E-state index is 11.9. The third-order valence-electron chi connectivity index (χ3n) is 2.69. The molecule has 2 rings (SSSR count). The Kier molecular flexibility index (Phi) is 3.51. The average Bonchev–Trinajstić information content (AvgIpc) is 2.35. The van der Waals surface area contributed by atoms with E-state index in [0.717, 1.165) is 10.8 Å². The largest absolute Gasteiger partial charge is 0.462 e. The van der Waals surface area contributed by atoms with Gasteiger partial charge in [-0.25, -0.2) is 4.79 Å². The van der Waals surface area contributed by atoms with E-state index in [2.05, 4.69) is 0 Å². The monoisotopic (exact) mass is 243 g/mol. The van der Waals surface area contributed by atoms with Crippen molar-refractivity contribution in [1.29, 1.82) is 0 Å². The topological polar surface area (TPSA) is 52.3 Å². The second-order valence-corrected chi connectivity index (χ2v) is 4.78. The summed E-state index contributed by atoms with van der Waals surface area (Å²) in [7, 11) is 0. The van der Waals surface area contributed by atoms with Gasteiger partial charge in [-0.3, -0.25) is 0 Å². The van der Waals surface area contributed by atoms with Crippen molar-refractivity contribution in [2.24, 2.45) is 5.92 Å². The van der Waals surface area contributed by atoms with E-state index >= 15 is 0 Å². The molecule has 0 radical (unpaired) electrons. The molecular formula is C15H17NO2. The van der Waals surface area contributed by atoms with Crippen LogP contribution in [0.15, 0.2) is 36.4 Å². The second-order valence-electron chi connectivity index (χ2n) is 4.78. The van der Waals surface area contributed by atoms with Crippen LogP contribution in [0.25, 0.3) is 10.8 Å². The summed E-state index contributed by atoms with van der Waals surface area (Å²) in [5, 5.41) is 2.01. The zero-order valence-corrected chi connectivity index (χ0v) is 10.6. The van der Waals surface area contributed by atoms with Gasteiger partial charge in [0.25, 0.3) is 0 Å². The van der Waals surface area contributed by atoms with E-state index in [1.54, 1.807) is 12.1 Å². The van der Waals surface area contributed by atoms with Crippen molar-refractivity contribution < 1.29 is 9.53 Å². The first-order valence-electron chi connectivity index (χ1n) is 6.03. The number of nitrogen functional groups attached to an aromatic ring is 1. The lowest BCUT2D eigenvalue weighted by atomic mass is 10.1. The Morgan fingerprint density at radius 2 is 1.83 bits per heavy atom. The molecule has 0 aliphatic heterocycles. The molecule has 0 bridgehead atoms. The van der Waals surface area contributed by atoms with Crippen molar-refractivity contribution in [2.75, 3.05) is 12.3 Å². The van der Waals surface area contributed by atoms with Crippen molar-refractivity contribution >= 4 is 22.4 Å². The molecule has 3 heteroatoms. The third-order valence-corrected chi connectivity index (χ3v) is 2.69. The van der Waals surface area contributed by atoms with E-state index in [-0.39, 0.29) is 5.97 Å². The van der Waals surface area contributed by atoms with Gasteiger partial charge < -0.3 is 10.5 Å². The first-order chi connectivity index (χ1) is 8.58. The number of hydrogen-bond donors (Lipinski definition) is 1. The number of esters is 1. The van der Waals surface area contributed by atoms with Crippen molar-refractivity contribution in [3.8, 4) is 0 Å². The molecule has 0 atom stereocenters. The van der Waals surface area contributed by atoms with E-state index < -0.39 is 0 Å². The number of anilines is 1. The van der Waals surface area contributed by atoms with Crippen LogP contribution in [-0.4, -0.2) is 12.6 Å². The van der Waals surface area contributed by atoms with Gasteiger partial charge in [0.15, 0.2) is 0 Å². The highest BCUT2D eigenvalue weighted by Gasteiger charge is 2.12. The molecule has 18 heavy (non-hydrogen) atoms. The molecule has 0 aliphatic rings. The normalized spacial score (nSPS) is 10.8. The minimum Gasteiger partial charge on any atom is -0.462 e. The van der Waals surface area contributed by atoms with Crippen LogP contribution in [0.2, 0.25) is 0 Å². The highest BCUT2D eigenvalue weighted by Crippen LogP contribution is 2.22. The zero-order chi connectivity index (χ0) is 13.1. The van der Waals surface area contributed by atoms with Crippen LogP contribution < -0.4 is 5.73 Å². The number of benzene rings is 2. The van der Waals surface area contributed by atoms with Gasteiger partial charge in [0, 0.05) is 5.69 Å². The molecule has 0 saturated heterocycles. The molecule has 2 N–H and O–H groups in total. The number of rotatable bonds is 3. The molecule has 2 aromatic carbocycles. The number of ether oxygens (including phenoxy) is 1. The van der Waals surface area contributed by atoms with Crippen molar-refractivity contribution in [3.05, 3.63) is 42.0 Å². The first-order valence-corrected chi connectivity index (χ1v) is 6.03. The van der Waals surface area contributed by atoms with Crippen LogP contribution in [0, 0.1) is 5.92 Å². The SMILES string of the molecule is CC(C)COC(=O)c1cc2ccccc2cc1N. The molecule has 3 nitrogen and oxygen atoms in total. The Hall–Kier alpha value is -2.03. The van der Waals surface area contributed by atoms with Crippen molar-refractivity contribution in [3.63, 3.8) is 0 Å². The van der Waals surface area contributed by atoms with Gasteiger partial charge in [0.05, 0.1) is 12.2 Å². The van der Waals surface area contributed by atoms with E-state index in [9.17, 15) is 4.79 Å². The number of carbonyl (C=O) groups excluding carboxylic acids is 1. The Morgan fingerprint density at radius 3 is 2.44 bits per heavy atom. The molecule has 0 aliphatic carbocycles. The summed E-state index contributed by atoms with van der Waals surface area (Å²) < 4.78 is 5.20. The lowest BCUT2D eigenvalue weighted by Crippen LogP contribution is -2.12. The van der Waals surface area contributed by atoms with Gasteiger partial charge in [-0.05, 0) is 28.8 Å². The average molecular weight is 243 g/mol. The van der Waals surface area contributed by atoms with Gasteiger partial charge in [-0.15, -0.1) is 0 Å². The quantitative estimate of drug-likeness (QED) is 0.665. The second kappa shape index (κ2) is 5.08. The Balaban J connectivity index is 2.32. The summed E-state index contributed by atoms with van der Waals surface area (Å²) in [5.74, 6) is -0.0393. The highest BCUT2D eigenvalue weighted by atomic mass is 16.5. The predicted molar refractivity (Wildman–Crippen MR) is 73.5 cm³/mol. The van der Waals surface area contributed by atoms with E-state index in [4.69, 9.17) is 10.5 Å². The van der Waals surface area contributed by atoms with Crippen molar-refractivity contribution in [2.45, 2.75) is 13.8 Å². The maximum Gasteiger partial charge on any atom is 0.340 e. The maximum atomic E-state index is 11.9. The molecule has 0 heterocycles. The molecule has 0 saturated carbocycles. The fourth-order valence-corrected chi connectivity index (χ4v) is 1.75. The Bertz CT molecular complexity index is 576. The smallest absolute Gasteiger partial charge is 0.340 e. The molecule has 0 spiro atoms. The van der Waals surface area contributed by atoms with Crippen LogP contribution in [0.4, 0.5) is 5.69 Å². The van der Waals surface area contributed by atoms with Gasteiger partial charge in [-0.1, -0.05) is 38.1 Å². The summed E-state index contributed by atoms with van der Waals surface area (Å²) in [6.07, 6.45) is 0. The van der Waals surface area contributed by atoms with E-state index in [1.807, 2.05) is 38.1 Å². The fraction of sp³-hybridized carbons (Fsp3) is 0.267. The minimum absolute atomic E-state index is 0.315. The van der Waals surface area contributed by atoms with Crippen LogP contribution in [0.3, 0.4) is 0 Å². The van der Waals surface area contributed by atoms with Gasteiger partial charge in [-0.2, -0.15) is 0 Å². The minimum atomic E-state index is -0.355.